The molecule has 0 atom stereocenters. The van der Waals surface area contributed by atoms with Gasteiger partial charge in [0.05, 0.1) is 5.69 Å². The molecule has 6 nitrogen and oxygen atoms in total. The minimum Gasteiger partial charge on any atom is -0.486 e. The van der Waals surface area contributed by atoms with Gasteiger partial charge in [0.25, 0.3) is 5.91 Å². The van der Waals surface area contributed by atoms with Crippen LogP contribution in [0.2, 0.25) is 5.02 Å². The maximum absolute atomic E-state index is 12.2. The third-order valence-corrected chi connectivity index (χ3v) is 4.30. The lowest BCUT2D eigenvalue weighted by molar-refractivity contribution is -0.137. The van der Waals surface area contributed by atoms with Gasteiger partial charge >= 0.3 is 5.97 Å². The number of carbonyl (C=O) groups is 2. The Bertz CT molecular complexity index is 715. The number of carboxylic acids is 1. The summed E-state index contributed by atoms with van der Waals surface area (Å²) >= 11 is 7.00. The molecule has 1 heterocycles. The number of ether oxygens (including phenoxy) is 1. The van der Waals surface area contributed by atoms with Crippen molar-refractivity contribution in [1.82, 2.24) is 9.88 Å². The fourth-order valence-electron chi connectivity index (χ4n) is 1.84. The highest BCUT2D eigenvalue weighted by Crippen LogP contribution is 2.22. The van der Waals surface area contributed by atoms with Crippen molar-refractivity contribution in [2.75, 3.05) is 13.6 Å². The van der Waals surface area contributed by atoms with Crippen LogP contribution in [-0.4, -0.2) is 40.5 Å². The van der Waals surface area contributed by atoms with E-state index in [9.17, 15) is 9.59 Å². The van der Waals surface area contributed by atoms with Crippen LogP contribution in [0.1, 0.15) is 20.4 Å². The number of aliphatic carboxylic acids is 1. The van der Waals surface area contributed by atoms with Crippen molar-refractivity contribution in [2.45, 2.75) is 13.5 Å². The highest BCUT2D eigenvalue weighted by atomic mass is 35.5. The van der Waals surface area contributed by atoms with Crippen molar-refractivity contribution in [3.63, 3.8) is 0 Å². The van der Waals surface area contributed by atoms with Crippen molar-refractivity contribution >= 4 is 34.8 Å². The molecule has 0 fully saturated rings. The number of aromatic nitrogens is 1. The number of hydrogen-bond acceptors (Lipinski definition) is 5. The van der Waals surface area contributed by atoms with Crippen LogP contribution >= 0.6 is 22.9 Å². The third kappa shape index (κ3) is 4.67. The molecule has 0 aliphatic carbocycles. The van der Waals surface area contributed by atoms with Crippen LogP contribution in [0.4, 0.5) is 0 Å². The fourth-order valence-corrected chi connectivity index (χ4v) is 2.93. The Labute approximate surface area is 142 Å². The minimum atomic E-state index is -1.06. The molecule has 0 spiro atoms. The van der Waals surface area contributed by atoms with Gasteiger partial charge in [-0.3, -0.25) is 9.59 Å². The van der Waals surface area contributed by atoms with E-state index in [2.05, 4.69) is 4.98 Å². The van der Waals surface area contributed by atoms with E-state index in [-0.39, 0.29) is 19.1 Å². The molecule has 1 amide bonds. The zero-order valence-electron chi connectivity index (χ0n) is 12.6. The van der Waals surface area contributed by atoms with Crippen LogP contribution in [0.25, 0.3) is 0 Å². The number of aryl methyl sites for hydroxylation is 1. The fraction of sp³-hybridized carbons (Fsp3) is 0.267. The molecule has 8 heteroatoms. The summed E-state index contributed by atoms with van der Waals surface area (Å²) in [5, 5.41) is 10.0. The summed E-state index contributed by atoms with van der Waals surface area (Å²) in [6.45, 7) is 1.58. The van der Waals surface area contributed by atoms with E-state index in [0.717, 1.165) is 4.90 Å². The maximum Gasteiger partial charge on any atom is 0.323 e. The smallest absolute Gasteiger partial charge is 0.323 e. The normalized spacial score (nSPS) is 10.4. The van der Waals surface area contributed by atoms with Crippen molar-refractivity contribution in [3.05, 3.63) is 44.9 Å². The van der Waals surface area contributed by atoms with Gasteiger partial charge in [0, 0.05) is 12.1 Å². The second-order valence-electron chi connectivity index (χ2n) is 4.82. The summed E-state index contributed by atoms with van der Waals surface area (Å²) in [7, 11) is 1.44. The zero-order chi connectivity index (χ0) is 17.0. The molecule has 2 rings (SSSR count). The summed E-state index contributed by atoms with van der Waals surface area (Å²) in [5.74, 6) is -0.771. The number of carbonyl (C=O) groups excluding carboxylic acids is 1. The molecule has 0 saturated carbocycles. The van der Waals surface area contributed by atoms with Gasteiger partial charge in [0.15, 0.2) is 0 Å². The molecule has 0 unspecified atom stereocenters. The number of nitrogens with zero attached hydrogens (tertiary/aromatic N) is 2. The number of hydrogen-bond donors (Lipinski definition) is 1. The summed E-state index contributed by atoms with van der Waals surface area (Å²) in [6, 6.07) is 6.94. The Balaban J connectivity index is 2.04. The molecule has 0 aliphatic rings. The average Bonchev–Trinajstić information content (AvgIpc) is 2.86. The Morgan fingerprint density at radius 1 is 1.35 bits per heavy atom. The number of likely N-dealkylation sites (N-methyl/N-ethyl adjacent to an activating group) is 1. The summed E-state index contributed by atoms with van der Waals surface area (Å²) in [4.78, 5) is 28.8. The minimum absolute atomic E-state index is 0.225. The predicted molar refractivity (Wildman–Crippen MR) is 87.2 cm³/mol. The first kappa shape index (κ1) is 17.2. The number of benzene rings is 1. The topological polar surface area (TPSA) is 79.7 Å². The number of amides is 1. The van der Waals surface area contributed by atoms with Crippen LogP contribution in [-0.2, 0) is 11.4 Å². The van der Waals surface area contributed by atoms with E-state index < -0.39 is 5.97 Å². The molecule has 23 heavy (non-hydrogen) atoms. The Morgan fingerprint density at radius 2 is 2.00 bits per heavy atom. The van der Waals surface area contributed by atoms with E-state index in [1.54, 1.807) is 31.2 Å². The van der Waals surface area contributed by atoms with Crippen LogP contribution in [0.5, 0.6) is 5.75 Å². The quantitative estimate of drug-likeness (QED) is 0.862. The number of carboxylic acid groups (broad SMARTS) is 1. The molecule has 1 aromatic heterocycles. The highest BCUT2D eigenvalue weighted by molar-refractivity contribution is 7.13. The van der Waals surface area contributed by atoms with E-state index in [1.165, 1.54) is 18.4 Å². The van der Waals surface area contributed by atoms with E-state index in [4.69, 9.17) is 21.4 Å². The Hall–Kier alpha value is -2.12. The molecular formula is C15H15ClN2O4S. The summed E-state index contributed by atoms with van der Waals surface area (Å²) in [5.41, 5.74) is 0.562. The number of halogens is 1. The second kappa shape index (κ2) is 7.43. The SMILES string of the molecule is Cc1nc(COc2ccc(Cl)cc2)sc1C(=O)N(C)CC(=O)O. The number of rotatable bonds is 6. The van der Waals surface area contributed by atoms with Crippen molar-refractivity contribution < 1.29 is 19.4 Å². The first-order chi connectivity index (χ1) is 10.9. The van der Waals surface area contributed by atoms with Gasteiger partial charge in [-0.1, -0.05) is 11.6 Å². The highest BCUT2D eigenvalue weighted by Gasteiger charge is 2.20. The molecule has 0 bridgehead atoms. The van der Waals surface area contributed by atoms with Gasteiger partial charge < -0.3 is 14.7 Å². The van der Waals surface area contributed by atoms with Gasteiger partial charge in [-0.2, -0.15) is 0 Å². The Kier molecular flexibility index (Phi) is 5.57. The molecule has 0 saturated heterocycles. The van der Waals surface area contributed by atoms with Crippen LogP contribution in [0.3, 0.4) is 0 Å². The summed E-state index contributed by atoms with van der Waals surface area (Å²) in [6.07, 6.45) is 0. The van der Waals surface area contributed by atoms with Gasteiger partial charge in [0.1, 0.15) is 28.8 Å². The largest absolute Gasteiger partial charge is 0.486 e. The van der Waals surface area contributed by atoms with Gasteiger partial charge in [-0.25, -0.2) is 4.98 Å². The van der Waals surface area contributed by atoms with E-state index >= 15 is 0 Å². The van der Waals surface area contributed by atoms with E-state index in [0.29, 0.717) is 26.4 Å². The lowest BCUT2D eigenvalue weighted by Crippen LogP contribution is -2.31. The maximum atomic E-state index is 12.2. The molecule has 0 radical (unpaired) electrons. The van der Waals surface area contributed by atoms with Gasteiger partial charge in [0.2, 0.25) is 0 Å². The first-order valence-electron chi connectivity index (χ1n) is 6.68. The van der Waals surface area contributed by atoms with Crippen LogP contribution < -0.4 is 4.74 Å². The van der Waals surface area contributed by atoms with Crippen molar-refractivity contribution in [2.24, 2.45) is 0 Å². The molecular weight excluding hydrogens is 340 g/mol. The van der Waals surface area contributed by atoms with Gasteiger partial charge in [-0.15, -0.1) is 11.3 Å². The third-order valence-electron chi connectivity index (χ3n) is 2.93. The van der Waals surface area contributed by atoms with E-state index in [1.807, 2.05) is 0 Å². The second-order valence-corrected chi connectivity index (χ2v) is 6.34. The van der Waals surface area contributed by atoms with Crippen LogP contribution in [0.15, 0.2) is 24.3 Å². The van der Waals surface area contributed by atoms with Crippen molar-refractivity contribution in [3.8, 4) is 5.75 Å². The molecule has 1 aromatic carbocycles. The van der Waals surface area contributed by atoms with Crippen molar-refractivity contribution in [1.29, 1.82) is 0 Å². The molecule has 122 valence electrons. The lowest BCUT2D eigenvalue weighted by Gasteiger charge is -2.13. The van der Waals surface area contributed by atoms with Crippen LogP contribution in [0, 0.1) is 6.92 Å². The first-order valence-corrected chi connectivity index (χ1v) is 7.88. The standard InChI is InChI=1S/C15H15ClN2O4S/c1-9-14(15(21)18(2)7-13(19)20)23-12(17-9)8-22-11-5-3-10(16)4-6-11/h3-6H,7-8H2,1-2H3,(H,19,20). The Morgan fingerprint density at radius 3 is 2.61 bits per heavy atom. The van der Waals surface area contributed by atoms with Gasteiger partial charge in [-0.05, 0) is 31.2 Å². The number of thiazole rings is 1. The predicted octanol–water partition coefficient (Wildman–Crippen LogP) is 2.84. The molecule has 2 aromatic rings. The molecule has 0 aliphatic heterocycles. The monoisotopic (exact) mass is 354 g/mol. The summed E-state index contributed by atoms with van der Waals surface area (Å²) < 4.78 is 5.59. The molecule has 1 N–H and O–H groups in total. The average molecular weight is 355 g/mol. The lowest BCUT2D eigenvalue weighted by atomic mass is 10.3. The zero-order valence-corrected chi connectivity index (χ0v) is 14.1.